The molecule has 2 aromatic rings. The number of nitrogens with zero attached hydrogens (tertiary/aromatic N) is 3. The van der Waals surface area contributed by atoms with Gasteiger partial charge in [-0.05, 0) is 11.6 Å². The van der Waals surface area contributed by atoms with Gasteiger partial charge in [0.1, 0.15) is 5.75 Å². The highest BCUT2D eigenvalue weighted by Crippen LogP contribution is 2.28. The molecule has 1 fully saturated rings. The van der Waals surface area contributed by atoms with Gasteiger partial charge in [-0.25, -0.2) is 0 Å². The van der Waals surface area contributed by atoms with Gasteiger partial charge in [0.25, 0.3) is 5.69 Å². The first-order chi connectivity index (χ1) is 15.0. The van der Waals surface area contributed by atoms with Gasteiger partial charge in [0.2, 0.25) is 5.91 Å². The first kappa shape index (κ1) is 22.5. The molecule has 0 spiro atoms. The number of non-ortho nitro benzene ring substituents is 1. The van der Waals surface area contributed by atoms with Crippen molar-refractivity contribution in [1.82, 2.24) is 9.80 Å². The summed E-state index contributed by atoms with van der Waals surface area (Å²) in [6.45, 7) is 5.30. The molecule has 0 saturated carbocycles. The van der Waals surface area contributed by atoms with Crippen LogP contribution in [0.15, 0.2) is 54.6 Å². The number of amides is 1. The molecule has 0 unspecified atom stereocenters. The van der Waals surface area contributed by atoms with Crippen molar-refractivity contribution in [3.8, 4) is 5.75 Å². The van der Waals surface area contributed by atoms with Gasteiger partial charge >= 0.3 is 0 Å². The number of carbonyl (C=O) groups is 1. The summed E-state index contributed by atoms with van der Waals surface area (Å²) in [4.78, 5) is 27.5. The minimum Gasteiger partial charge on any atom is -0.495 e. The molecule has 1 amide bonds. The average molecular weight is 425 g/mol. The molecule has 0 aromatic heterocycles. The Balaban J connectivity index is 1.40. The minimum atomic E-state index is -0.496. The summed E-state index contributed by atoms with van der Waals surface area (Å²) in [5.74, 6) is 0.211. The summed E-state index contributed by atoms with van der Waals surface area (Å²) in [6, 6.07) is 14.4. The van der Waals surface area contributed by atoms with Gasteiger partial charge in [0.15, 0.2) is 0 Å². The van der Waals surface area contributed by atoms with Crippen LogP contribution in [0.1, 0.15) is 12.0 Å². The monoisotopic (exact) mass is 424 g/mol. The number of methoxy groups -OCH3 is 1. The number of hydrogen-bond donors (Lipinski definition) is 1. The zero-order chi connectivity index (χ0) is 22.1. The van der Waals surface area contributed by atoms with Gasteiger partial charge in [0.05, 0.1) is 17.7 Å². The smallest absolute Gasteiger partial charge is 0.271 e. The quantitative estimate of drug-likeness (QED) is 0.491. The van der Waals surface area contributed by atoms with Gasteiger partial charge in [-0.1, -0.05) is 42.5 Å². The number of piperazine rings is 1. The molecule has 3 rings (SSSR count). The number of carbonyl (C=O) groups excluding carboxylic acids is 1. The topological polar surface area (TPSA) is 87.9 Å². The molecule has 8 nitrogen and oxygen atoms in total. The fourth-order valence-corrected chi connectivity index (χ4v) is 3.48. The highest BCUT2D eigenvalue weighted by atomic mass is 16.6. The molecule has 1 N–H and O–H groups in total. The summed E-state index contributed by atoms with van der Waals surface area (Å²) < 4.78 is 5.19. The van der Waals surface area contributed by atoms with E-state index in [-0.39, 0.29) is 11.6 Å². The molecule has 1 saturated heterocycles. The highest BCUT2D eigenvalue weighted by molar-refractivity contribution is 5.92. The average Bonchev–Trinajstić information content (AvgIpc) is 2.79. The van der Waals surface area contributed by atoms with Crippen LogP contribution in [0.5, 0.6) is 5.75 Å². The van der Waals surface area contributed by atoms with Crippen LogP contribution in [-0.4, -0.2) is 67.0 Å². The first-order valence-electron chi connectivity index (χ1n) is 10.3. The Labute approximate surface area is 182 Å². The molecule has 164 valence electrons. The maximum Gasteiger partial charge on any atom is 0.271 e. The molecule has 0 radical (unpaired) electrons. The second-order valence-corrected chi connectivity index (χ2v) is 7.40. The Hall–Kier alpha value is -3.23. The van der Waals surface area contributed by atoms with Gasteiger partial charge < -0.3 is 15.0 Å². The van der Waals surface area contributed by atoms with Crippen LogP contribution in [0, 0.1) is 10.1 Å². The Bertz CT molecular complexity index is 909. The summed E-state index contributed by atoms with van der Waals surface area (Å²) in [7, 11) is 1.46. The number of nitrogens with one attached hydrogen (secondary N) is 1. The number of hydrogen-bond acceptors (Lipinski definition) is 6. The molecule has 0 aliphatic carbocycles. The third-order valence-electron chi connectivity index (χ3n) is 5.26. The molecular formula is C23H28N4O4. The fraction of sp³-hybridized carbons (Fsp3) is 0.348. The molecule has 0 bridgehead atoms. The standard InChI is InChI=1S/C23H28N4O4/c1-31-22-10-9-20(27(29)30)18-21(22)24-23(28)11-13-26-16-14-25(15-17-26)12-5-8-19-6-3-2-4-7-19/h2-10,18H,11-17H2,1H3,(H,24,28)/b8-5+. The normalized spacial score (nSPS) is 15.1. The molecule has 1 aliphatic heterocycles. The van der Waals surface area contributed by atoms with E-state index in [1.165, 1.54) is 30.9 Å². The summed E-state index contributed by atoms with van der Waals surface area (Å²) in [5, 5.41) is 13.7. The number of nitro benzene ring substituents is 1. The van der Waals surface area contributed by atoms with Crippen LogP contribution in [-0.2, 0) is 4.79 Å². The lowest BCUT2D eigenvalue weighted by Crippen LogP contribution is -2.46. The molecule has 31 heavy (non-hydrogen) atoms. The third-order valence-corrected chi connectivity index (χ3v) is 5.26. The maximum atomic E-state index is 12.4. The zero-order valence-electron chi connectivity index (χ0n) is 17.7. The maximum absolute atomic E-state index is 12.4. The Kier molecular flexibility index (Phi) is 8.14. The van der Waals surface area contributed by atoms with E-state index in [1.807, 2.05) is 18.2 Å². The van der Waals surface area contributed by atoms with Crippen molar-refractivity contribution in [3.05, 3.63) is 70.3 Å². The van der Waals surface area contributed by atoms with Crippen molar-refractivity contribution < 1.29 is 14.5 Å². The van der Waals surface area contributed by atoms with Gasteiger partial charge in [0, 0.05) is 57.8 Å². The summed E-state index contributed by atoms with van der Waals surface area (Å²) in [5.41, 5.74) is 1.43. The second-order valence-electron chi connectivity index (χ2n) is 7.40. The van der Waals surface area contributed by atoms with Crippen molar-refractivity contribution in [3.63, 3.8) is 0 Å². The Morgan fingerprint density at radius 1 is 1.13 bits per heavy atom. The van der Waals surface area contributed by atoms with Crippen LogP contribution >= 0.6 is 0 Å². The Morgan fingerprint density at radius 2 is 1.84 bits per heavy atom. The van der Waals surface area contributed by atoms with Crippen molar-refractivity contribution in [2.24, 2.45) is 0 Å². The number of anilines is 1. The lowest BCUT2D eigenvalue weighted by atomic mass is 10.2. The SMILES string of the molecule is COc1ccc([N+](=O)[O-])cc1NC(=O)CCN1CCN(C/C=C/c2ccccc2)CC1. The van der Waals surface area contributed by atoms with E-state index < -0.39 is 4.92 Å². The number of ether oxygens (including phenoxy) is 1. The van der Waals surface area contributed by atoms with E-state index in [1.54, 1.807) is 0 Å². The molecule has 2 aromatic carbocycles. The molecule has 1 heterocycles. The highest BCUT2D eigenvalue weighted by Gasteiger charge is 2.18. The van der Waals surface area contributed by atoms with Crippen molar-refractivity contribution in [2.75, 3.05) is 51.7 Å². The summed E-state index contributed by atoms with van der Waals surface area (Å²) in [6.07, 6.45) is 4.64. The van der Waals surface area contributed by atoms with Crippen molar-refractivity contribution in [1.29, 1.82) is 0 Å². The fourth-order valence-electron chi connectivity index (χ4n) is 3.48. The lowest BCUT2D eigenvalue weighted by molar-refractivity contribution is -0.384. The van der Waals surface area contributed by atoms with Crippen molar-refractivity contribution in [2.45, 2.75) is 6.42 Å². The van der Waals surface area contributed by atoms with Crippen LogP contribution in [0.2, 0.25) is 0 Å². The van der Waals surface area contributed by atoms with Crippen LogP contribution in [0.25, 0.3) is 6.08 Å². The number of nitro groups is 1. The van der Waals surface area contributed by atoms with E-state index in [0.717, 1.165) is 32.7 Å². The number of benzene rings is 2. The third kappa shape index (κ3) is 6.91. The van der Waals surface area contributed by atoms with E-state index in [0.29, 0.717) is 24.4 Å². The van der Waals surface area contributed by atoms with Crippen LogP contribution in [0.4, 0.5) is 11.4 Å². The van der Waals surface area contributed by atoms with Crippen LogP contribution < -0.4 is 10.1 Å². The molecule has 0 atom stereocenters. The van der Waals surface area contributed by atoms with Crippen LogP contribution in [0.3, 0.4) is 0 Å². The first-order valence-corrected chi connectivity index (χ1v) is 10.3. The van der Waals surface area contributed by atoms with Crippen molar-refractivity contribution >= 4 is 23.4 Å². The zero-order valence-corrected chi connectivity index (χ0v) is 17.7. The Morgan fingerprint density at radius 3 is 2.52 bits per heavy atom. The molecule has 1 aliphatic rings. The molecular weight excluding hydrogens is 396 g/mol. The van der Waals surface area contributed by atoms with Gasteiger partial charge in [-0.2, -0.15) is 0 Å². The lowest BCUT2D eigenvalue weighted by Gasteiger charge is -2.34. The predicted octanol–water partition coefficient (Wildman–Crippen LogP) is 3.26. The van der Waals surface area contributed by atoms with E-state index in [9.17, 15) is 14.9 Å². The largest absolute Gasteiger partial charge is 0.495 e. The number of rotatable bonds is 9. The second kappa shape index (κ2) is 11.2. The van der Waals surface area contributed by atoms with Gasteiger partial charge in [-0.3, -0.25) is 19.8 Å². The predicted molar refractivity (Wildman–Crippen MR) is 121 cm³/mol. The minimum absolute atomic E-state index is 0.0893. The molecule has 8 heteroatoms. The van der Waals surface area contributed by atoms with E-state index >= 15 is 0 Å². The summed E-state index contributed by atoms with van der Waals surface area (Å²) >= 11 is 0. The van der Waals surface area contributed by atoms with E-state index in [2.05, 4.69) is 39.4 Å². The van der Waals surface area contributed by atoms with Gasteiger partial charge in [-0.15, -0.1) is 0 Å². The van der Waals surface area contributed by atoms with E-state index in [4.69, 9.17) is 4.74 Å².